The summed E-state index contributed by atoms with van der Waals surface area (Å²) in [6.45, 7) is 11.0. The molecule has 2 N–H and O–H groups in total. The first-order valence-corrected chi connectivity index (χ1v) is 27.7. The van der Waals surface area contributed by atoms with Gasteiger partial charge in [0.1, 0.15) is 11.2 Å². The van der Waals surface area contributed by atoms with E-state index in [9.17, 15) is 10.2 Å². The second-order valence-electron chi connectivity index (χ2n) is 21.9. The van der Waals surface area contributed by atoms with E-state index in [0.717, 1.165) is 50.9 Å². The van der Waals surface area contributed by atoms with Crippen molar-refractivity contribution in [1.29, 1.82) is 0 Å². The van der Waals surface area contributed by atoms with E-state index in [2.05, 4.69) is 115 Å². The Bertz CT molecular complexity index is 3440. The third-order valence-corrected chi connectivity index (χ3v) is 17.6. The largest absolute Gasteiger partial charge is 0.386 e. The van der Waals surface area contributed by atoms with Crippen LogP contribution in [0.5, 0.6) is 0 Å². The Kier molecular flexibility index (Phi) is 13.1. The predicted octanol–water partition coefficient (Wildman–Crippen LogP) is 9.86. The Morgan fingerprint density at radius 3 is 1.69 bits per heavy atom. The van der Waals surface area contributed by atoms with Gasteiger partial charge in [-0.3, -0.25) is 34.6 Å². The van der Waals surface area contributed by atoms with Crippen molar-refractivity contribution < 1.29 is 10.2 Å². The van der Waals surface area contributed by atoms with Crippen LogP contribution in [-0.2, 0) is 50.9 Å². The van der Waals surface area contributed by atoms with Crippen molar-refractivity contribution in [2.45, 2.75) is 121 Å². The molecule has 0 radical (unpaired) electrons. The molecule has 15 rings (SSSR count). The van der Waals surface area contributed by atoms with Gasteiger partial charge in [0.15, 0.2) is 0 Å². The first kappa shape index (κ1) is 48.1. The molecule has 3 saturated heterocycles. The molecule has 5 unspecified atom stereocenters. The Balaban J connectivity index is 0.000000108. The minimum absolute atomic E-state index is 0.494. The van der Waals surface area contributed by atoms with E-state index in [4.69, 9.17) is 4.98 Å². The molecular formula is C62H69N11O2. The normalized spacial score (nSPS) is 21.2. The average Bonchev–Trinajstić information content (AvgIpc) is 4.37. The van der Waals surface area contributed by atoms with Gasteiger partial charge >= 0.3 is 0 Å². The van der Waals surface area contributed by atoms with Crippen molar-refractivity contribution in [3.05, 3.63) is 185 Å². The predicted molar refractivity (Wildman–Crippen MR) is 294 cm³/mol. The fourth-order valence-electron chi connectivity index (χ4n) is 14.2. The van der Waals surface area contributed by atoms with Crippen LogP contribution >= 0.6 is 0 Å². The van der Waals surface area contributed by atoms with Crippen LogP contribution in [0.2, 0.25) is 0 Å². The van der Waals surface area contributed by atoms with Crippen LogP contribution in [0.4, 0.5) is 0 Å². The summed E-state index contributed by atoms with van der Waals surface area (Å²) >= 11 is 0. The average molecular weight is 1000 g/mol. The Labute approximate surface area is 439 Å². The molecule has 3 fully saturated rings. The molecule has 13 nitrogen and oxygen atoms in total. The number of hydrogen-bond acceptors (Lipinski definition) is 10. The van der Waals surface area contributed by atoms with Gasteiger partial charge in [-0.2, -0.15) is 0 Å². The Hall–Kier alpha value is -6.61. The number of aliphatic hydroxyl groups excluding tert-OH is 1. The number of fused-ring (bicyclic) bond motifs is 15. The lowest BCUT2D eigenvalue weighted by Gasteiger charge is -2.32. The maximum atomic E-state index is 11.2. The summed E-state index contributed by atoms with van der Waals surface area (Å²) < 4.78 is 7.17. The number of aliphatic hydroxyl groups is 2. The van der Waals surface area contributed by atoms with Crippen molar-refractivity contribution in [2.75, 3.05) is 39.3 Å². The van der Waals surface area contributed by atoms with Crippen LogP contribution in [0.25, 0.3) is 32.8 Å². The number of aryl methyl sites for hydroxylation is 2. The van der Waals surface area contributed by atoms with Gasteiger partial charge in [-0.1, -0.05) is 48.5 Å². The van der Waals surface area contributed by atoms with Crippen molar-refractivity contribution in [1.82, 2.24) is 53.3 Å². The van der Waals surface area contributed by atoms with Crippen LogP contribution in [0.1, 0.15) is 120 Å². The Morgan fingerprint density at radius 2 is 1.09 bits per heavy atom. The number of pyridine rings is 3. The molecule has 13 heteroatoms. The summed E-state index contributed by atoms with van der Waals surface area (Å²) in [7, 11) is 0. The quantitative estimate of drug-likeness (QED) is 0.144. The van der Waals surface area contributed by atoms with Crippen LogP contribution in [-0.4, -0.2) is 103 Å². The second kappa shape index (κ2) is 20.5. The van der Waals surface area contributed by atoms with Crippen molar-refractivity contribution >= 4 is 32.8 Å². The summed E-state index contributed by atoms with van der Waals surface area (Å²) in [6.07, 6.45) is 25.6. The molecular weight excluding hydrogens is 931 g/mol. The first-order valence-electron chi connectivity index (χ1n) is 27.7. The van der Waals surface area contributed by atoms with E-state index >= 15 is 0 Å². The SMILES string of the molecule is CC(O)(Cn1c2c(c3ccccc31)C1CCCN1CC2)c1cnccn1.OC(Cn1c2c(c3ccccc31)C1CCCN1CC2)c1cccnc1.c1cncc(CCn2c3c(c4cccnc42)C2CCCN2CC3)c1. The van der Waals surface area contributed by atoms with Gasteiger partial charge in [-0.25, -0.2) is 4.98 Å². The van der Waals surface area contributed by atoms with Gasteiger partial charge in [-0.15, -0.1) is 0 Å². The number of rotatable bonds is 9. The smallest absolute Gasteiger partial charge is 0.140 e. The maximum absolute atomic E-state index is 11.2. The van der Waals surface area contributed by atoms with E-state index in [1.54, 1.807) is 36.5 Å². The molecule has 0 aliphatic carbocycles. The van der Waals surface area contributed by atoms with Gasteiger partial charge in [0.05, 0.1) is 31.1 Å². The molecule has 0 bridgehead atoms. The fraction of sp³-hybridized carbons (Fsp3) is 0.403. The molecule has 6 aliphatic heterocycles. The molecule has 75 heavy (non-hydrogen) atoms. The molecule has 6 aliphatic rings. The lowest BCUT2D eigenvalue weighted by atomic mass is 9.96. The summed E-state index contributed by atoms with van der Waals surface area (Å²) in [5.41, 5.74) is 14.3. The van der Waals surface area contributed by atoms with Gasteiger partial charge in [-0.05, 0) is 130 Å². The van der Waals surface area contributed by atoms with Gasteiger partial charge in [0.2, 0.25) is 0 Å². The van der Waals surface area contributed by atoms with Gasteiger partial charge in [0.25, 0.3) is 0 Å². The molecule has 0 amide bonds. The minimum atomic E-state index is -1.06. The first-order chi connectivity index (χ1) is 36.9. The number of hydrogen-bond donors (Lipinski definition) is 2. The summed E-state index contributed by atoms with van der Waals surface area (Å²) in [5, 5.41) is 26.0. The molecule has 0 saturated carbocycles. The van der Waals surface area contributed by atoms with Crippen LogP contribution in [0.3, 0.4) is 0 Å². The van der Waals surface area contributed by atoms with E-state index in [-0.39, 0.29) is 0 Å². The molecule has 7 aromatic heterocycles. The number of nitrogens with zero attached hydrogens (tertiary/aromatic N) is 11. The van der Waals surface area contributed by atoms with Crippen molar-refractivity contribution in [3.63, 3.8) is 0 Å². The monoisotopic (exact) mass is 1000 g/mol. The van der Waals surface area contributed by atoms with Crippen LogP contribution in [0.15, 0.2) is 135 Å². The summed E-state index contributed by atoms with van der Waals surface area (Å²) in [4.78, 5) is 29.5. The molecule has 2 aromatic carbocycles. The molecule has 0 spiro atoms. The zero-order valence-corrected chi connectivity index (χ0v) is 43.3. The highest BCUT2D eigenvalue weighted by Gasteiger charge is 2.39. The summed E-state index contributed by atoms with van der Waals surface area (Å²) in [5.74, 6) is 0. The maximum Gasteiger partial charge on any atom is 0.140 e. The van der Waals surface area contributed by atoms with Crippen molar-refractivity contribution in [3.8, 4) is 0 Å². The third kappa shape index (κ3) is 8.95. The summed E-state index contributed by atoms with van der Waals surface area (Å²) in [6, 6.07) is 31.4. The highest BCUT2D eigenvalue weighted by atomic mass is 16.3. The zero-order chi connectivity index (χ0) is 50.5. The Morgan fingerprint density at radius 1 is 0.547 bits per heavy atom. The highest BCUT2D eigenvalue weighted by Crippen LogP contribution is 2.46. The standard InChI is InChI=1S/C21H24N4O.C21H23N3O.C20H22N4/c1-21(26,19-13-22-9-10-23-19)14-25-16-6-3-2-5-15(16)20-17-7-4-11-24(17)12-8-18(20)25;25-20(15-5-3-10-22-13-15)14-24-17-7-2-1-6-16(17)21-18-8-4-11-23(18)12-9-19(21)24;1-4-15(14-21-9-1)7-13-24-18-8-12-23-11-3-6-17(23)19(18)16-5-2-10-22-20(16)24/h2-3,5-6,9-10,13,17,26H,4,7-8,11-12,14H2,1H3;1-3,5-7,10,13,18,20,25H,4,8-9,11-12,14H2;1-2,4-5,9-10,14,17H,3,6-8,11-13H2. The van der Waals surface area contributed by atoms with Gasteiger partial charge < -0.3 is 23.9 Å². The van der Waals surface area contributed by atoms with Crippen LogP contribution in [0, 0.1) is 0 Å². The van der Waals surface area contributed by atoms with Crippen molar-refractivity contribution in [2.24, 2.45) is 0 Å². The lowest BCUT2D eigenvalue weighted by Crippen LogP contribution is -2.34. The molecule has 13 heterocycles. The topological polar surface area (TPSA) is 129 Å². The number of aromatic nitrogens is 8. The molecule has 384 valence electrons. The van der Waals surface area contributed by atoms with Crippen LogP contribution < -0.4 is 0 Å². The zero-order valence-electron chi connectivity index (χ0n) is 43.3. The van der Waals surface area contributed by atoms with E-state index in [1.807, 2.05) is 43.7 Å². The van der Waals surface area contributed by atoms with E-state index in [1.165, 1.54) is 131 Å². The number of para-hydroxylation sites is 2. The van der Waals surface area contributed by atoms with E-state index < -0.39 is 11.7 Å². The second-order valence-corrected chi connectivity index (χ2v) is 21.9. The van der Waals surface area contributed by atoms with E-state index in [0.29, 0.717) is 36.9 Å². The molecule has 9 aromatic rings. The lowest BCUT2D eigenvalue weighted by molar-refractivity contribution is 0.0336. The van der Waals surface area contributed by atoms with Gasteiger partial charge in [0, 0.05) is 157 Å². The minimum Gasteiger partial charge on any atom is -0.386 e. The molecule has 5 atom stereocenters. The fourth-order valence-corrected chi connectivity index (χ4v) is 14.2. The highest BCUT2D eigenvalue weighted by molar-refractivity contribution is 5.88. The third-order valence-electron chi connectivity index (χ3n) is 17.6. The number of benzene rings is 2.